The molecule has 1 fully saturated rings. The third-order valence-corrected chi connectivity index (χ3v) is 5.27. The maximum absolute atomic E-state index is 11.7. The molecule has 30 heavy (non-hydrogen) atoms. The van der Waals surface area contributed by atoms with Crippen LogP contribution in [0.3, 0.4) is 0 Å². The first-order valence-corrected chi connectivity index (χ1v) is 11.9. The van der Waals surface area contributed by atoms with E-state index in [4.69, 9.17) is 9.47 Å². The van der Waals surface area contributed by atoms with Crippen LogP contribution in [0.25, 0.3) is 0 Å². The Bertz CT molecular complexity index is 415. The zero-order valence-electron chi connectivity index (χ0n) is 19.3. The van der Waals surface area contributed by atoms with Gasteiger partial charge in [-0.3, -0.25) is 4.79 Å². The van der Waals surface area contributed by atoms with Crippen molar-refractivity contribution in [3.05, 3.63) is 12.7 Å². The number of unbranched alkanes of at least 4 members (excludes halogenated alkanes) is 10. The lowest BCUT2D eigenvalue weighted by molar-refractivity contribution is -0.162. The molecule has 1 aliphatic heterocycles. The summed E-state index contributed by atoms with van der Waals surface area (Å²) < 4.78 is 10.3. The second kappa shape index (κ2) is 20.0. The monoisotopic (exact) mass is 430 g/mol. The summed E-state index contributed by atoms with van der Waals surface area (Å²) in [5.74, 6) is -0.405. The van der Waals surface area contributed by atoms with Gasteiger partial charge in [0.15, 0.2) is 6.10 Å². The van der Waals surface area contributed by atoms with Crippen molar-refractivity contribution in [3.63, 3.8) is 0 Å². The predicted octanol–water partition coefficient (Wildman–Crippen LogP) is 4.29. The van der Waals surface area contributed by atoms with Gasteiger partial charge in [-0.1, -0.05) is 77.7 Å². The van der Waals surface area contributed by atoms with Crippen molar-refractivity contribution in [2.75, 3.05) is 13.2 Å². The molecule has 0 aromatic carbocycles. The van der Waals surface area contributed by atoms with Crippen molar-refractivity contribution in [1.82, 2.24) is 0 Å². The summed E-state index contributed by atoms with van der Waals surface area (Å²) in [7, 11) is 0. The first-order valence-electron chi connectivity index (χ1n) is 11.9. The number of hydrogen-bond donors (Lipinski definition) is 3. The lowest BCUT2D eigenvalue weighted by atomic mass is 10.1. The second-order valence-electron chi connectivity index (χ2n) is 8.08. The van der Waals surface area contributed by atoms with Crippen molar-refractivity contribution in [2.45, 2.75) is 122 Å². The molecule has 4 atom stereocenters. The lowest BCUT2D eigenvalue weighted by Crippen LogP contribution is -2.43. The standard InChI is InChI=1S/C14H26O6.C10H20/c1-2-3-4-5-6-7-12(17)20-11(8-15)14-13(18)10(16)9-19-14;1-3-5-7-9-10-8-6-4-2/h10-11,13-16,18H,2-9H2,1H3;3H,1,4-10H2,2H3/t10-,11+,13+,14+;/m0./s1. The van der Waals surface area contributed by atoms with Gasteiger partial charge in [-0.05, 0) is 19.3 Å². The second-order valence-corrected chi connectivity index (χ2v) is 8.08. The number of carbonyl (C=O) groups is 1. The molecule has 1 aliphatic rings. The van der Waals surface area contributed by atoms with Crippen molar-refractivity contribution in [2.24, 2.45) is 0 Å². The molecule has 6 nitrogen and oxygen atoms in total. The zero-order valence-corrected chi connectivity index (χ0v) is 19.3. The average molecular weight is 431 g/mol. The maximum Gasteiger partial charge on any atom is 0.306 e. The van der Waals surface area contributed by atoms with Gasteiger partial charge in [0.05, 0.1) is 13.2 Å². The van der Waals surface area contributed by atoms with E-state index in [0.29, 0.717) is 6.42 Å². The Kier molecular flexibility index (Phi) is 19.3. The van der Waals surface area contributed by atoms with E-state index in [1.165, 1.54) is 44.9 Å². The molecule has 178 valence electrons. The number of esters is 1. The van der Waals surface area contributed by atoms with Crippen LogP contribution in [-0.2, 0) is 14.3 Å². The number of allylic oxidation sites excluding steroid dienone is 1. The number of aliphatic hydroxyl groups is 3. The molecule has 0 spiro atoms. The van der Waals surface area contributed by atoms with Crippen LogP contribution >= 0.6 is 0 Å². The number of hydrogen-bond acceptors (Lipinski definition) is 6. The largest absolute Gasteiger partial charge is 0.457 e. The summed E-state index contributed by atoms with van der Waals surface area (Å²) in [5.41, 5.74) is 0. The van der Waals surface area contributed by atoms with Crippen molar-refractivity contribution in [1.29, 1.82) is 0 Å². The highest BCUT2D eigenvalue weighted by molar-refractivity contribution is 5.69. The summed E-state index contributed by atoms with van der Waals surface area (Å²) in [6.45, 7) is 7.62. The summed E-state index contributed by atoms with van der Waals surface area (Å²) in [6, 6.07) is 0. The molecule has 0 bridgehead atoms. The molecule has 0 amide bonds. The van der Waals surface area contributed by atoms with Crippen LogP contribution in [0.15, 0.2) is 12.7 Å². The van der Waals surface area contributed by atoms with Gasteiger partial charge < -0.3 is 24.8 Å². The number of carbonyl (C=O) groups excluding carboxylic acids is 1. The molecular formula is C24H46O6. The van der Waals surface area contributed by atoms with E-state index in [-0.39, 0.29) is 6.61 Å². The fourth-order valence-electron chi connectivity index (χ4n) is 3.33. The molecule has 6 heteroatoms. The van der Waals surface area contributed by atoms with Crippen LogP contribution in [0.4, 0.5) is 0 Å². The molecule has 1 heterocycles. The Balaban J connectivity index is 0.000000710. The van der Waals surface area contributed by atoms with Crippen molar-refractivity contribution >= 4 is 5.97 Å². The maximum atomic E-state index is 11.7. The Labute approximate surface area is 183 Å². The fraction of sp³-hybridized carbons (Fsp3) is 0.875. The first-order chi connectivity index (χ1) is 14.5. The van der Waals surface area contributed by atoms with Crippen LogP contribution in [-0.4, -0.2) is 58.9 Å². The van der Waals surface area contributed by atoms with Gasteiger partial charge in [0, 0.05) is 6.42 Å². The van der Waals surface area contributed by atoms with E-state index in [1.807, 2.05) is 6.08 Å². The fourth-order valence-corrected chi connectivity index (χ4v) is 3.33. The van der Waals surface area contributed by atoms with Crippen LogP contribution < -0.4 is 0 Å². The normalized spacial score (nSPS) is 21.6. The topological polar surface area (TPSA) is 96.2 Å². The quantitative estimate of drug-likeness (QED) is 0.192. The van der Waals surface area contributed by atoms with Gasteiger partial charge in [0.2, 0.25) is 0 Å². The highest BCUT2D eigenvalue weighted by atomic mass is 16.6. The van der Waals surface area contributed by atoms with E-state index in [1.54, 1.807) is 0 Å². The third kappa shape index (κ3) is 14.1. The van der Waals surface area contributed by atoms with E-state index < -0.39 is 37.0 Å². The molecular weight excluding hydrogens is 384 g/mol. The molecule has 1 rings (SSSR count). The Morgan fingerprint density at radius 2 is 1.60 bits per heavy atom. The van der Waals surface area contributed by atoms with Crippen molar-refractivity contribution in [3.8, 4) is 0 Å². The predicted molar refractivity (Wildman–Crippen MR) is 120 cm³/mol. The van der Waals surface area contributed by atoms with Crippen LogP contribution in [0.1, 0.15) is 97.3 Å². The SMILES string of the molecule is C=CCCCCCCCC.CCCCCCCC(=O)O[C@H](CO)[C@H]1OC[C@H](O)[C@H]1O. The van der Waals surface area contributed by atoms with Crippen LogP contribution in [0.5, 0.6) is 0 Å². The van der Waals surface area contributed by atoms with E-state index >= 15 is 0 Å². The minimum atomic E-state index is -1.13. The summed E-state index contributed by atoms with van der Waals surface area (Å²) in [4.78, 5) is 11.7. The van der Waals surface area contributed by atoms with E-state index in [9.17, 15) is 20.1 Å². The number of rotatable bonds is 16. The minimum Gasteiger partial charge on any atom is -0.457 e. The Hall–Kier alpha value is -0.950. The summed E-state index contributed by atoms with van der Waals surface area (Å²) in [5, 5.41) is 28.3. The van der Waals surface area contributed by atoms with Gasteiger partial charge in [0.1, 0.15) is 18.3 Å². The zero-order chi connectivity index (χ0) is 22.6. The van der Waals surface area contributed by atoms with Crippen molar-refractivity contribution < 1.29 is 29.6 Å². The summed E-state index contributed by atoms with van der Waals surface area (Å²) in [6.07, 6.45) is 13.1. The Morgan fingerprint density at radius 3 is 2.10 bits per heavy atom. The van der Waals surface area contributed by atoms with Gasteiger partial charge in [-0.25, -0.2) is 0 Å². The Morgan fingerprint density at radius 1 is 1.03 bits per heavy atom. The van der Waals surface area contributed by atoms with E-state index in [0.717, 1.165) is 32.1 Å². The third-order valence-electron chi connectivity index (χ3n) is 5.27. The summed E-state index contributed by atoms with van der Waals surface area (Å²) >= 11 is 0. The number of aliphatic hydroxyl groups excluding tert-OH is 3. The van der Waals surface area contributed by atoms with Gasteiger partial charge in [0.25, 0.3) is 0 Å². The minimum absolute atomic E-state index is 0.0170. The van der Waals surface area contributed by atoms with Gasteiger partial charge in [-0.15, -0.1) is 6.58 Å². The smallest absolute Gasteiger partial charge is 0.306 e. The van der Waals surface area contributed by atoms with Crippen LogP contribution in [0.2, 0.25) is 0 Å². The highest BCUT2D eigenvalue weighted by Gasteiger charge is 2.41. The first kappa shape index (κ1) is 29.1. The van der Waals surface area contributed by atoms with E-state index in [2.05, 4.69) is 20.4 Å². The van der Waals surface area contributed by atoms with Crippen LogP contribution in [0, 0.1) is 0 Å². The molecule has 0 saturated carbocycles. The molecule has 0 radical (unpaired) electrons. The molecule has 3 N–H and O–H groups in total. The number of ether oxygens (including phenoxy) is 2. The molecule has 0 aromatic heterocycles. The molecule has 0 aliphatic carbocycles. The highest BCUT2D eigenvalue weighted by Crippen LogP contribution is 2.20. The van der Waals surface area contributed by atoms with Gasteiger partial charge >= 0.3 is 5.97 Å². The lowest BCUT2D eigenvalue weighted by Gasteiger charge is -2.23. The molecule has 1 saturated heterocycles. The molecule has 0 aromatic rings. The molecule has 0 unspecified atom stereocenters. The van der Waals surface area contributed by atoms with Gasteiger partial charge in [-0.2, -0.15) is 0 Å². The average Bonchev–Trinajstić information content (AvgIpc) is 3.07.